The Morgan fingerprint density at radius 3 is 2.67 bits per heavy atom. The van der Waals surface area contributed by atoms with Gasteiger partial charge in [-0.1, -0.05) is 17.7 Å². The number of anilines is 2. The lowest BCUT2D eigenvalue weighted by Crippen LogP contribution is -2.33. The molecule has 0 saturated carbocycles. The van der Waals surface area contributed by atoms with Gasteiger partial charge < -0.3 is 10.2 Å². The van der Waals surface area contributed by atoms with E-state index in [1.807, 2.05) is 44.2 Å². The van der Waals surface area contributed by atoms with Gasteiger partial charge in [-0.2, -0.15) is 5.10 Å². The van der Waals surface area contributed by atoms with Gasteiger partial charge in [0.25, 0.3) is 0 Å². The molecule has 4 rings (SSSR count). The number of benzene rings is 1. The number of halogens is 1. The standard InChI is InChI=1S/C19H19ClN6O/c1-12-10-13(2)26(24-12)18-7-6-17(22-23-18)21-16-8-9-25(19(16)27)15-5-3-4-14(20)11-15/h3-7,10-11,16H,8-9H2,1-2H3,(H,21,22). The van der Waals surface area contributed by atoms with Gasteiger partial charge in [0.15, 0.2) is 5.82 Å². The van der Waals surface area contributed by atoms with E-state index in [9.17, 15) is 4.79 Å². The fourth-order valence-corrected chi connectivity index (χ4v) is 3.45. The Kier molecular flexibility index (Phi) is 4.53. The van der Waals surface area contributed by atoms with Crippen molar-refractivity contribution in [2.24, 2.45) is 0 Å². The minimum absolute atomic E-state index is 0.00156. The Labute approximate surface area is 162 Å². The molecule has 138 valence electrons. The molecule has 0 aliphatic carbocycles. The molecule has 2 aromatic heterocycles. The molecule has 1 N–H and O–H groups in total. The third-order valence-electron chi connectivity index (χ3n) is 4.52. The minimum atomic E-state index is -0.335. The summed E-state index contributed by atoms with van der Waals surface area (Å²) in [6.07, 6.45) is 0.687. The molecule has 7 nitrogen and oxygen atoms in total. The normalized spacial score (nSPS) is 16.8. The highest BCUT2D eigenvalue weighted by atomic mass is 35.5. The van der Waals surface area contributed by atoms with Crippen LogP contribution in [0.4, 0.5) is 11.5 Å². The molecule has 1 amide bonds. The Morgan fingerprint density at radius 1 is 1.15 bits per heavy atom. The van der Waals surface area contributed by atoms with E-state index in [2.05, 4.69) is 20.6 Å². The van der Waals surface area contributed by atoms with Crippen LogP contribution in [-0.4, -0.2) is 38.5 Å². The summed E-state index contributed by atoms with van der Waals surface area (Å²) in [4.78, 5) is 14.5. The van der Waals surface area contributed by atoms with E-state index >= 15 is 0 Å². The van der Waals surface area contributed by atoms with Crippen LogP contribution >= 0.6 is 11.6 Å². The van der Waals surface area contributed by atoms with Crippen LogP contribution in [0.3, 0.4) is 0 Å². The van der Waals surface area contributed by atoms with Gasteiger partial charge in [0.05, 0.1) is 5.69 Å². The van der Waals surface area contributed by atoms with Crippen LogP contribution in [0.1, 0.15) is 17.8 Å². The molecule has 3 aromatic rings. The zero-order valence-electron chi connectivity index (χ0n) is 15.1. The number of aryl methyl sites for hydroxylation is 2. The van der Waals surface area contributed by atoms with Crippen molar-refractivity contribution < 1.29 is 4.79 Å². The summed E-state index contributed by atoms with van der Waals surface area (Å²) < 4.78 is 1.74. The molecule has 3 heterocycles. The van der Waals surface area contributed by atoms with Crippen LogP contribution in [0.15, 0.2) is 42.5 Å². The van der Waals surface area contributed by atoms with Crippen molar-refractivity contribution in [2.75, 3.05) is 16.8 Å². The van der Waals surface area contributed by atoms with Crippen molar-refractivity contribution in [2.45, 2.75) is 26.3 Å². The van der Waals surface area contributed by atoms with Crippen LogP contribution in [-0.2, 0) is 4.79 Å². The lowest BCUT2D eigenvalue weighted by atomic mass is 10.2. The van der Waals surface area contributed by atoms with Crippen molar-refractivity contribution >= 4 is 29.0 Å². The molecular weight excluding hydrogens is 364 g/mol. The first-order valence-electron chi connectivity index (χ1n) is 8.72. The van der Waals surface area contributed by atoms with Crippen molar-refractivity contribution in [3.63, 3.8) is 0 Å². The molecule has 1 aliphatic heterocycles. The summed E-state index contributed by atoms with van der Waals surface area (Å²) >= 11 is 6.04. The summed E-state index contributed by atoms with van der Waals surface area (Å²) in [6.45, 7) is 4.54. The first-order chi connectivity index (χ1) is 13.0. The molecule has 1 aliphatic rings. The van der Waals surface area contributed by atoms with Crippen molar-refractivity contribution in [3.05, 3.63) is 58.9 Å². The molecule has 1 unspecified atom stereocenters. The van der Waals surface area contributed by atoms with Gasteiger partial charge in [-0.15, -0.1) is 10.2 Å². The maximum Gasteiger partial charge on any atom is 0.249 e. The van der Waals surface area contributed by atoms with Gasteiger partial charge in [0, 0.05) is 22.9 Å². The highest BCUT2D eigenvalue weighted by Crippen LogP contribution is 2.25. The fourth-order valence-electron chi connectivity index (χ4n) is 3.27. The molecule has 0 spiro atoms. The minimum Gasteiger partial charge on any atom is -0.357 e. The summed E-state index contributed by atoms with van der Waals surface area (Å²) in [7, 11) is 0. The van der Waals surface area contributed by atoms with Crippen LogP contribution < -0.4 is 10.2 Å². The fraction of sp³-hybridized carbons (Fsp3) is 0.263. The van der Waals surface area contributed by atoms with Crippen molar-refractivity contribution in [1.82, 2.24) is 20.0 Å². The van der Waals surface area contributed by atoms with Gasteiger partial charge in [-0.25, -0.2) is 4.68 Å². The second kappa shape index (κ2) is 7.00. The lowest BCUT2D eigenvalue weighted by molar-refractivity contribution is -0.117. The third kappa shape index (κ3) is 3.50. The zero-order chi connectivity index (χ0) is 19.0. The number of nitrogens with zero attached hydrogens (tertiary/aromatic N) is 5. The number of hydrogen-bond donors (Lipinski definition) is 1. The first-order valence-corrected chi connectivity index (χ1v) is 9.10. The molecule has 1 saturated heterocycles. The number of nitrogens with one attached hydrogen (secondary N) is 1. The largest absolute Gasteiger partial charge is 0.357 e. The van der Waals surface area contributed by atoms with E-state index in [-0.39, 0.29) is 11.9 Å². The lowest BCUT2D eigenvalue weighted by Gasteiger charge is -2.17. The summed E-state index contributed by atoms with van der Waals surface area (Å²) in [5.41, 5.74) is 2.72. The highest BCUT2D eigenvalue weighted by Gasteiger charge is 2.32. The molecule has 1 aromatic carbocycles. The smallest absolute Gasteiger partial charge is 0.249 e. The number of amides is 1. The number of rotatable bonds is 4. The van der Waals surface area contributed by atoms with E-state index in [4.69, 9.17) is 11.6 Å². The van der Waals surface area contributed by atoms with Gasteiger partial charge in [-0.3, -0.25) is 4.79 Å². The van der Waals surface area contributed by atoms with Crippen LogP contribution in [0.2, 0.25) is 5.02 Å². The third-order valence-corrected chi connectivity index (χ3v) is 4.76. The molecule has 1 fully saturated rings. The number of carbonyl (C=O) groups excluding carboxylic acids is 1. The highest BCUT2D eigenvalue weighted by molar-refractivity contribution is 6.31. The average molecular weight is 383 g/mol. The van der Waals surface area contributed by atoms with Crippen LogP contribution in [0.5, 0.6) is 0 Å². The second-order valence-corrected chi connectivity index (χ2v) is 7.01. The van der Waals surface area contributed by atoms with Crippen LogP contribution in [0, 0.1) is 13.8 Å². The predicted octanol–water partition coefficient (Wildman–Crippen LogP) is 3.15. The second-order valence-electron chi connectivity index (χ2n) is 6.57. The summed E-state index contributed by atoms with van der Waals surface area (Å²) in [5, 5.41) is 16.6. The number of hydrogen-bond acceptors (Lipinski definition) is 5. The predicted molar refractivity (Wildman–Crippen MR) is 104 cm³/mol. The monoisotopic (exact) mass is 382 g/mol. The van der Waals surface area contributed by atoms with Gasteiger partial charge in [0.2, 0.25) is 5.91 Å². The Balaban J connectivity index is 1.47. The van der Waals surface area contributed by atoms with Crippen molar-refractivity contribution in [1.29, 1.82) is 0 Å². The maximum absolute atomic E-state index is 12.7. The Morgan fingerprint density at radius 2 is 2.00 bits per heavy atom. The SMILES string of the molecule is Cc1cc(C)n(-c2ccc(NC3CCN(c4cccc(Cl)c4)C3=O)nn2)n1. The molecule has 27 heavy (non-hydrogen) atoms. The zero-order valence-corrected chi connectivity index (χ0v) is 15.8. The Hall–Kier alpha value is -2.93. The maximum atomic E-state index is 12.7. The Bertz CT molecular complexity index is 984. The van der Waals surface area contributed by atoms with Gasteiger partial charge in [0.1, 0.15) is 11.9 Å². The van der Waals surface area contributed by atoms with Gasteiger partial charge >= 0.3 is 0 Å². The molecule has 1 atom stereocenters. The van der Waals surface area contributed by atoms with E-state index in [1.165, 1.54) is 0 Å². The molecule has 0 bridgehead atoms. The van der Waals surface area contributed by atoms with E-state index < -0.39 is 0 Å². The molecule has 0 radical (unpaired) electrons. The number of aromatic nitrogens is 4. The van der Waals surface area contributed by atoms with E-state index in [0.29, 0.717) is 29.6 Å². The molecule has 8 heteroatoms. The number of carbonyl (C=O) groups is 1. The van der Waals surface area contributed by atoms with Crippen molar-refractivity contribution in [3.8, 4) is 5.82 Å². The summed E-state index contributed by atoms with van der Waals surface area (Å²) in [6, 6.07) is 12.6. The topological polar surface area (TPSA) is 75.9 Å². The van der Waals surface area contributed by atoms with E-state index in [0.717, 1.165) is 17.1 Å². The summed E-state index contributed by atoms with van der Waals surface area (Å²) in [5.74, 6) is 1.21. The van der Waals surface area contributed by atoms with Gasteiger partial charge in [-0.05, 0) is 56.7 Å². The first kappa shape index (κ1) is 17.5. The molecular formula is C19H19ClN6O. The van der Waals surface area contributed by atoms with Crippen LogP contribution in [0.25, 0.3) is 5.82 Å². The van der Waals surface area contributed by atoms with E-state index in [1.54, 1.807) is 21.7 Å². The quantitative estimate of drug-likeness (QED) is 0.750. The average Bonchev–Trinajstić information content (AvgIpc) is 3.18.